The standard InChI is InChI=1S/C28H40N4O5.C25H39N3O5.2C23H36N2O4/c1-17-9-18(5-7-30-17)13-28(31-24(34)37-26(2,3)4)6-8-32(16-28)25(35)36-22-20-10-19-11-21(22)15-27(12-19,14-20)23(29)33;1-24(2,3)33-22(30)27-18-6-7-28(19(18)10-14-4-5-14)23(31)32-20-16-8-15-9-17(20)13-25(11-15,12-16)21(26)29;2*1-23(2,3)29-22(27)25-6-4-5-16-12-24(13-19(16)25)21(26)28-20-17-8-14-7-15(10-17)11-18(20)9-14/h5,7,9,19-22H,6,8,10-16H2,1-4H3,(H2,29,33)(H,31,34);14-20H,4-13H2,1-3H3,(H2,26,29)(H,27,30);2*14-20H,4-13H2,1-3H3/t19?,20?,21?,22?,27?,28-;15?,16?,17?,18-,19+,20?,25?;14?,15?,16-,17?,18?,19+,20?;14?,15?,16-,17?,18?,19-,20?/m0110/s1. The molecule has 0 radical (unpaired) electrons. The van der Waals surface area contributed by atoms with Gasteiger partial charge in [-0.05, 0) is 388 Å². The smallest absolute Gasteiger partial charge is 0.410 e. The highest BCUT2D eigenvalue weighted by molar-refractivity contribution is 5.82. The lowest BCUT2D eigenvalue weighted by molar-refractivity contribution is -0.162. The van der Waals surface area contributed by atoms with E-state index >= 15 is 0 Å². The number of ether oxygens (including phenoxy) is 8. The van der Waals surface area contributed by atoms with Gasteiger partial charge in [-0.2, -0.15) is 0 Å². The van der Waals surface area contributed by atoms with Crippen molar-refractivity contribution in [1.82, 2.24) is 45.0 Å². The molecule has 16 bridgehead atoms. The summed E-state index contributed by atoms with van der Waals surface area (Å²) in [6.45, 7) is 29.8. The average molecular weight is 1780 g/mol. The third-order valence-electron chi connectivity index (χ3n) is 33.6. The third kappa shape index (κ3) is 20.6. The van der Waals surface area contributed by atoms with Crippen LogP contribution in [-0.4, -0.2) is 230 Å². The number of fused-ring (bicyclic) bond motifs is 2. The van der Waals surface area contributed by atoms with Crippen molar-refractivity contribution < 1.29 is 85.8 Å². The number of nitrogens with one attached hydrogen (secondary N) is 2. The lowest BCUT2D eigenvalue weighted by atomic mass is 9.48. The number of hydrogen-bond donors (Lipinski definition) is 4. The van der Waals surface area contributed by atoms with Crippen molar-refractivity contribution in [2.75, 3.05) is 58.9 Å². The van der Waals surface area contributed by atoms with E-state index in [-0.39, 0.29) is 126 Å². The van der Waals surface area contributed by atoms with Crippen molar-refractivity contribution in [3.8, 4) is 0 Å². The summed E-state index contributed by atoms with van der Waals surface area (Å²) < 4.78 is 46.9. The van der Waals surface area contributed by atoms with Crippen LogP contribution >= 0.6 is 0 Å². The van der Waals surface area contributed by atoms with Gasteiger partial charge >= 0.3 is 48.7 Å². The molecule has 10 amide bonds. The number of likely N-dealkylation sites (tertiary alicyclic amines) is 6. The molecule has 17 aliphatic carbocycles. The van der Waals surface area contributed by atoms with Crippen molar-refractivity contribution in [1.29, 1.82) is 0 Å². The molecule has 6 saturated heterocycles. The number of aromatic nitrogens is 1. The molecule has 128 heavy (non-hydrogen) atoms. The lowest BCUT2D eigenvalue weighted by Crippen LogP contribution is -2.59. The van der Waals surface area contributed by atoms with Gasteiger partial charge in [-0.1, -0.05) is 12.8 Å². The molecule has 23 aliphatic rings. The number of primary amides is 2. The highest BCUT2D eigenvalue weighted by Crippen LogP contribution is 2.63. The Morgan fingerprint density at radius 1 is 0.422 bits per heavy atom. The largest absolute Gasteiger partial charge is 0.446 e. The Morgan fingerprint density at radius 2 is 0.820 bits per heavy atom. The molecule has 4 unspecified atom stereocenters. The number of amides is 10. The molecule has 24 rings (SSSR count). The quantitative estimate of drug-likeness (QED) is 0.141. The number of rotatable bonds is 12. The summed E-state index contributed by atoms with van der Waals surface area (Å²) in [4.78, 5) is 143. The minimum Gasteiger partial charge on any atom is -0.446 e. The minimum absolute atomic E-state index is 0.0599. The summed E-state index contributed by atoms with van der Waals surface area (Å²) in [5, 5.41) is 6.11. The first-order valence-electron chi connectivity index (χ1n) is 49.8. The van der Waals surface area contributed by atoms with Crippen LogP contribution in [0.3, 0.4) is 0 Å². The fourth-order valence-corrected chi connectivity index (χ4v) is 29.2. The van der Waals surface area contributed by atoms with Crippen LogP contribution in [0, 0.1) is 118 Å². The van der Waals surface area contributed by atoms with E-state index in [2.05, 4.69) is 15.6 Å². The lowest BCUT2D eigenvalue weighted by Gasteiger charge is -2.58. The molecule has 6 N–H and O–H groups in total. The highest BCUT2D eigenvalue weighted by atomic mass is 16.6. The Bertz CT molecular complexity index is 4100. The highest BCUT2D eigenvalue weighted by Gasteiger charge is 2.63. The van der Waals surface area contributed by atoms with E-state index in [1.165, 1.54) is 77.0 Å². The molecule has 17 saturated carbocycles. The van der Waals surface area contributed by atoms with Crippen molar-refractivity contribution in [2.24, 2.45) is 123 Å². The summed E-state index contributed by atoms with van der Waals surface area (Å²) in [6, 6.07) is 3.88. The maximum atomic E-state index is 13.4. The van der Waals surface area contributed by atoms with Crippen LogP contribution in [0.4, 0.5) is 38.4 Å². The van der Waals surface area contributed by atoms with Crippen molar-refractivity contribution in [3.63, 3.8) is 0 Å². The van der Waals surface area contributed by atoms with Gasteiger partial charge in [-0.15, -0.1) is 0 Å². The van der Waals surface area contributed by atoms with Gasteiger partial charge in [0.15, 0.2) is 0 Å². The molecule has 1 aromatic heterocycles. The topological polar surface area (TPSA) is 353 Å². The molecule has 11 atom stereocenters. The second-order valence-corrected chi connectivity index (χ2v) is 48.1. The fourth-order valence-electron chi connectivity index (χ4n) is 29.2. The summed E-state index contributed by atoms with van der Waals surface area (Å²) in [6.07, 6.45) is 30.2. The van der Waals surface area contributed by atoms with Crippen molar-refractivity contribution in [2.45, 2.75) is 359 Å². The minimum atomic E-state index is -0.671. The van der Waals surface area contributed by atoms with Gasteiger partial charge in [0.1, 0.15) is 46.8 Å². The maximum Gasteiger partial charge on any atom is 0.410 e. The number of piperidine rings is 2. The van der Waals surface area contributed by atoms with Crippen LogP contribution in [0.1, 0.15) is 281 Å². The Labute approximate surface area is 758 Å². The third-order valence-corrected chi connectivity index (χ3v) is 33.6. The zero-order valence-electron chi connectivity index (χ0n) is 78.9. The van der Waals surface area contributed by atoms with E-state index < -0.39 is 45.5 Å². The number of carbonyl (C=O) groups excluding carboxylic acids is 10. The van der Waals surface area contributed by atoms with Crippen molar-refractivity contribution >= 4 is 60.6 Å². The zero-order chi connectivity index (χ0) is 90.8. The molecular weight excluding hydrogens is 1630 g/mol. The second kappa shape index (κ2) is 35.7. The Balaban J connectivity index is 0.000000121. The molecule has 0 aromatic carbocycles. The second-order valence-electron chi connectivity index (χ2n) is 48.1. The number of alkyl carbamates (subject to hydrolysis) is 2. The molecule has 29 heteroatoms. The van der Waals surface area contributed by atoms with Crippen LogP contribution < -0.4 is 22.1 Å². The molecule has 710 valence electrons. The van der Waals surface area contributed by atoms with Gasteiger partial charge < -0.3 is 89.4 Å². The molecule has 7 heterocycles. The summed E-state index contributed by atoms with van der Waals surface area (Å²) in [7, 11) is 0. The van der Waals surface area contributed by atoms with Crippen LogP contribution in [0.2, 0.25) is 0 Å². The van der Waals surface area contributed by atoms with Crippen molar-refractivity contribution in [3.05, 3.63) is 29.6 Å². The van der Waals surface area contributed by atoms with E-state index in [0.717, 1.165) is 131 Å². The molecule has 0 spiro atoms. The van der Waals surface area contributed by atoms with E-state index in [4.69, 9.17) is 49.4 Å². The van der Waals surface area contributed by atoms with Crippen LogP contribution in [0.5, 0.6) is 0 Å². The van der Waals surface area contributed by atoms with Gasteiger partial charge in [0.05, 0.1) is 40.5 Å². The van der Waals surface area contributed by atoms with Gasteiger partial charge in [0, 0.05) is 70.8 Å². The summed E-state index contributed by atoms with van der Waals surface area (Å²) in [5.74, 6) is 8.63. The predicted molar refractivity (Wildman–Crippen MR) is 474 cm³/mol. The Morgan fingerprint density at radius 3 is 1.23 bits per heavy atom. The normalized spacial score (nSPS) is 38.5. The van der Waals surface area contributed by atoms with E-state index in [1.807, 2.05) is 127 Å². The van der Waals surface area contributed by atoms with E-state index in [1.54, 1.807) is 11.1 Å². The number of pyridine rings is 1. The van der Waals surface area contributed by atoms with Gasteiger partial charge in [0.25, 0.3) is 0 Å². The monoisotopic (exact) mass is 1780 g/mol. The Kier molecular flexibility index (Phi) is 25.7. The van der Waals surface area contributed by atoms with Crippen LogP contribution in [0.15, 0.2) is 18.3 Å². The molecular formula is C99H151N11O18. The molecule has 29 nitrogen and oxygen atoms in total. The zero-order valence-corrected chi connectivity index (χ0v) is 78.9. The number of hydrogen-bond acceptors (Lipinski definition) is 19. The Hall–Kier alpha value is -7.75. The summed E-state index contributed by atoms with van der Waals surface area (Å²) in [5.41, 5.74) is 9.90. The molecule has 1 aromatic rings. The van der Waals surface area contributed by atoms with Crippen LogP contribution in [-0.2, 0) is 53.9 Å². The number of aryl methyl sites for hydroxylation is 1. The van der Waals surface area contributed by atoms with E-state index in [9.17, 15) is 47.9 Å². The fraction of sp³-hybridized carbons (Fsp3) is 0.848. The molecule has 23 fully saturated rings. The first-order chi connectivity index (χ1) is 60.4. The number of nitrogens with zero attached hydrogens (tertiary/aromatic N) is 7. The van der Waals surface area contributed by atoms with Gasteiger partial charge in [0.2, 0.25) is 11.8 Å². The molecule has 6 aliphatic heterocycles. The average Bonchev–Trinajstić information content (AvgIpc) is 1.08. The van der Waals surface area contributed by atoms with Crippen LogP contribution in [0.25, 0.3) is 0 Å². The maximum absolute atomic E-state index is 13.4. The SMILES string of the molecule is CC(C)(C)OC(=O)N1CCC[C@@H]2CN(C(=O)OC3C4CC5CC(C4)CC3C5)C[C@@H]21.CC(C)(C)OC(=O)N1CCC[C@H]2CN(C(=O)OC3C4CC5CC(C4)CC3C5)C[C@@H]21.CC(C)(C)OC(=O)N[C@@H]1CCN(C(=O)OC2C3CC4CC2CC(C(N)=O)(C4)C3)[C@H]1CC1CC1.Cc1cc(C[C@@]2(NC(=O)OC(C)(C)C)CCN(C(=O)OC3C4CC5CC3CC(C(N)=O)(C5)C4)C2)ccn1. The summed E-state index contributed by atoms with van der Waals surface area (Å²) >= 11 is 0. The number of carbonyl (C=O) groups is 10. The number of nitrogens with two attached hydrogens (primary N) is 2. The van der Waals surface area contributed by atoms with Gasteiger partial charge in [-0.25, -0.2) is 38.4 Å². The van der Waals surface area contributed by atoms with E-state index in [0.29, 0.717) is 131 Å². The first kappa shape index (κ1) is 92.1. The predicted octanol–water partition coefficient (Wildman–Crippen LogP) is 15.8. The first-order valence-corrected chi connectivity index (χ1v) is 49.8. The van der Waals surface area contributed by atoms with Gasteiger partial charge in [-0.3, -0.25) is 14.6 Å².